The molecule has 8 heteroatoms. The molecule has 0 bridgehead atoms. The summed E-state index contributed by atoms with van der Waals surface area (Å²) in [6.45, 7) is 11.8. The lowest BCUT2D eigenvalue weighted by atomic mass is 10.00. The lowest BCUT2D eigenvalue weighted by Gasteiger charge is -2.17. The number of thiophene rings is 2. The molecule has 0 aliphatic carbocycles. The van der Waals surface area contributed by atoms with Crippen LogP contribution in [0.1, 0.15) is 249 Å². The van der Waals surface area contributed by atoms with Gasteiger partial charge in [-0.2, -0.15) is 10.5 Å². The van der Waals surface area contributed by atoms with Gasteiger partial charge in [0.15, 0.2) is 0 Å². The van der Waals surface area contributed by atoms with Gasteiger partial charge in [-0.3, -0.25) is 0 Å². The first-order valence-electron chi connectivity index (χ1n) is 35.4. The third-order valence-corrected chi connectivity index (χ3v) is 19.4. The van der Waals surface area contributed by atoms with Crippen molar-refractivity contribution in [3.8, 4) is 35.1 Å². The molecule has 2 aromatic heterocycles. The second-order valence-electron chi connectivity index (χ2n) is 24.9. The molecule has 92 heavy (non-hydrogen) atoms. The Morgan fingerprint density at radius 2 is 0.641 bits per heavy atom. The average Bonchev–Trinajstić information content (AvgIpc) is 1.02. The summed E-state index contributed by atoms with van der Waals surface area (Å²) in [5, 5.41) is 27.3. The quantitative estimate of drug-likeness (QED) is 0.0279. The van der Waals surface area contributed by atoms with E-state index in [4.69, 9.17) is 18.9 Å². The topological polar surface area (TPSA) is 84.5 Å². The molecule has 0 saturated carbocycles. The Morgan fingerprint density at radius 1 is 0.326 bits per heavy atom. The molecule has 0 amide bonds. The summed E-state index contributed by atoms with van der Waals surface area (Å²) < 4.78 is 26.0. The molecule has 0 spiro atoms. The van der Waals surface area contributed by atoms with Gasteiger partial charge in [-0.1, -0.05) is 230 Å². The van der Waals surface area contributed by atoms with Gasteiger partial charge in [-0.25, -0.2) is 0 Å². The van der Waals surface area contributed by atoms with Crippen LogP contribution in [0.4, 0.5) is 0 Å². The highest BCUT2D eigenvalue weighted by Gasteiger charge is 2.16. The Bertz CT molecular complexity index is 3490. The minimum atomic E-state index is 0.627. The van der Waals surface area contributed by atoms with E-state index in [0.29, 0.717) is 24.4 Å². The van der Waals surface area contributed by atoms with E-state index < -0.39 is 0 Å². The van der Waals surface area contributed by atoms with Crippen molar-refractivity contribution in [2.45, 2.75) is 207 Å². The van der Waals surface area contributed by atoms with E-state index >= 15 is 0 Å². The number of nitrogens with zero attached hydrogens (tertiary/aromatic N) is 2. The monoisotopic (exact) mass is 1270 g/mol. The number of ether oxygens (including phenoxy) is 4. The number of nitriles is 2. The van der Waals surface area contributed by atoms with Crippen LogP contribution >= 0.6 is 22.7 Å². The molecule has 8 aromatic rings. The lowest BCUT2D eigenvalue weighted by Crippen LogP contribution is -2.02. The van der Waals surface area contributed by atoms with E-state index in [9.17, 15) is 10.5 Å². The van der Waals surface area contributed by atoms with Gasteiger partial charge in [0, 0.05) is 41.4 Å². The van der Waals surface area contributed by atoms with Crippen LogP contribution in [0.5, 0.6) is 23.0 Å². The fraction of sp³-hybridized carbons (Fsp3) is 0.429. The van der Waals surface area contributed by atoms with E-state index in [0.717, 1.165) is 162 Å². The van der Waals surface area contributed by atoms with Crippen LogP contribution in [0, 0.1) is 22.7 Å². The van der Waals surface area contributed by atoms with Crippen molar-refractivity contribution in [1.29, 1.82) is 10.5 Å². The third kappa shape index (κ3) is 23.0. The van der Waals surface area contributed by atoms with Gasteiger partial charge in [-0.15, -0.1) is 22.7 Å². The van der Waals surface area contributed by atoms with Gasteiger partial charge in [-0.05, 0) is 168 Å². The minimum Gasteiger partial charge on any atom is -0.494 e. The summed E-state index contributed by atoms with van der Waals surface area (Å²) >= 11 is 3.33. The van der Waals surface area contributed by atoms with Gasteiger partial charge < -0.3 is 18.9 Å². The van der Waals surface area contributed by atoms with Gasteiger partial charge in [0.2, 0.25) is 0 Å². The second-order valence-corrected chi connectivity index (χ2v) is 27.2. The molecular weight excluding hydrogens is 1170 g/mol. The smallest absolute Gasteiger partial charge is 0.134 e. The second kappa shape index (κ2) is 40.6. The van der Waals surface area contributed by atoms with Crippen LogP contribution in [-0.2, 0) is 0 Å². The van der Waals surface area contributed by atoms with E-state index in [1.165, 1.54) is 128 Å². The normalized spacial score (nSPS) is 12.0. The van der Waals surface area contributed by atoms with Crippen LogP contribution in [0.15, 0.2) is 121 Å². The number of unbranched alkanes of at least 4 members (excludes halogenated alkanes) is 24. The average molecular weight is 1270 g/mol. The fourth-order valence-corrected chi connectivity index (χ4v) is 13.7. The number of benzene rings is 6. The van der Waals surface area contributed by atoms with Crippen molar-refractivity contribution in [3.05, 3.63) is 163 Å². The minimum absolute atomic E-state index is 0.627. The van der Waals surface area contributed by atoms with E-state index in [1.807, 2.05) is 24.3 Å². The van der Waals surface area contributed by atoms with E-state index in [-0.39, 0.29) is 0 Å². The van der Waals surface area contributed by atoms with Crippen molar-refractivity contribution in [2.75, 3.05) is 26.4 Å². The molecule has 0 atom stereocenters. The zero-order chi connectivity index (χ0) is 64.2. The molecule has 0 aliphatic rings. The molecule has 484 valence electrons. The molecule has 0 radical (unpaired) electrons. The summed E-state index contributed by atoms with van der Waals surface area (Å²) in [6, 6.07) is 47.2. The summed E-state index contributed by atoms with van der Waals surface area (Å²) in [7, 11) is 0. The van der Waals surface area contributed by atoms with Crippen LogP contribution in [0.25, 0.3) is 79.9 Å². The largest absolute Gasteiger partial charge is 0.494 e. The molecule has 8 rings (SSSR count). The van der Waals surface area contributed by atoms with Crippen LogP contribution < -0.4 is 18.9 Å². The van der Waals surface area contributed by atoms with Gasteiger partial charge >= 0.3 is 0 Å². The first-order valence-corrected chi connectivity index (χ1v) is 37.0. The number of hydrogen-bond acceptors (Lipinski definition) is 8. The zero-order valence-electron chi connectivity index (χ0n) is 56.0. The summed E-state index contributed by atoms with van der Waals surface area (Å²) in [5.41, 5.74) is 5.07. The molecule has 0 fully saturated rings. The molecule has 0 unspecified atom stereocenters. The van der Waals surface area contributed by atoms with Crippen molar-refractivity contribution in [2.24, 2.45) is 0 Å². The highest BCUT2D eigenvalue weighted by molar-refractivity contribution is 7.14. The van der Waals surface area contributed by atoms with Gasteiger partial charge in [0.05, 0.1) is 49.7 Å². The molecule has 0 N–H and O–H groups in total. The molecule has 6 aromatic carbocycles. The molecule has 0 saturated heterocycles. The van der Waals surface area contributed by atoms with Crippen LogP contribution in [0.2, 0.25) is 0 Å². The third-order valence-electron chi connectivity index (χ3n) is 17.4. The zero-order valence-corrected chi connectivity index (χ0v) is 57.6. The maximum absolute atomic E-state index is 10.4. The summed E-state index contributed by atoms with van der Waals surface area (Å²) in [5.74, 6) is 3.51. The summed E-state index contributed by atoms with van der Waals surface area (Å²) in [4.78, 5) is 4.20. The maximum atomic E-state index is 10.4. The van der Waals surface area contributed by atoms with Crippen molar-refractivity contribution < 1.29 is 18.9 Å². The molecular formula is C84H102N2O4S2. The number of rotatable bonds is 44. The Hall–Kier alpha value is -7.36. The predicted molar refractivity (Wildman–Crippen MR) is 399 cm³/mol. The van der Waals surface area contributed by atoms with Crippen LogP contribution in [-0.4, -0.2) is 26.4 Å². The van der Waals surface area contributed by atoms with Crippen molar-refractivity contribution in [3.63, 3.8) is 0 Å². The molecule has 0 aliphatic heterocycles. The van der Waals surface area contributed by atoms with E-state index in [2.05, 4.69) is 173 Å². The molecule has 6 nitrogen and oxygen atoms in total. The highest BCUT2D eigenvalue weighted by atomic mass is 32.1. The van der Waals surface area contributed by atoms with Gasteiger partial charge in [0.1, 0.15) is 23.0 Å². The van der Waals surface area contributed by atoms with Crippen LogP contribution in [0.3, 0.4) is 0 Å². The highest BCUT2D eigenvalue weighted by Crippen LogP contribution is 2.40. The predicted octanol–water partition coefficient (Wildman–Crippen LogP) is 26.3. The fourth-order valence-electron chi connectivity index (χ4n) is 12.0. The lowest BCUT2D eigenvalue weighted by molar-refractivity contribution is 0.304. The molecule has 2 heterocycles. The Labute approximate surface area is 560 Å². The Balaban J connectivity index is 0.929. The van der Waals surface area contributed by atoms with Gasteiger partial charge in [0.25, 0.3) is 0 Å². The standard InChI is InChI=1S/C84H102N2O4S2/c1-5-9-13-17-19-21-23-25-27-31-53-87-75-43-37-67-57-69(33-35-71(67)59-75)73(63-85)61-79-49-47-77(91-79)45-39-65-41-51-82-81(83(65)89-55-29-15-11-7-3)52-42-66(84(82)90-56-30-16-12-8-4)40-46-78-48-50-80(92-78)62-74(64-86)70-34-36-72-60-76(44-38-68(72)58-70)88-54-32-28-26-24-22-20-18-14-10-6-2/h33-52,57-62H,5-32,53-56H2,1-4H3/b45-39+,46-40+,73-61+,74-62+. The maximum Gasteiger partial charge on any atom is 0.134 e. The Morgan fingerprint density at radius 3 is 1.01 bits per heavy atom. The first kappa shape index (κ1) is 70.5. The number of allylic oxidation sites excluding steroid dienone is 2. The van der Waals surface area contributed by atoms with Crippen molar-refractivity contribution >= 4 is 103 Å². The number of fused-ring (bicyclic) bond motifs is 3. The SMILES string of the molecule is CCCCCCCCCCCCOc1ccc2cc(/C(C#N)=C/c3ccc(/C=C/c4ccc5c(OCCCCCC)c(/C=C/c6ccc(/C=C(\C#N)c7ccc8cc(OCCCCCCCCCCCC)ccc8c7)s6)ccc5c4OCCCCCC)s3)ccc2c1. The Kier molecular flexibility index (Phi) is 31.1. The summed E-state index contributed by atoms with van der Waals surface area (Å²) in [6.07, 6.45) is 47.7. The van der Waals surface area contributed by atoms with Crippen molar-refractivity contribution in [1.82, 2.24) is 0 Å². The number of hydrogen-bond donors (Lipinski definition) is 0. The first-order chi connectivity index (χ1) is 45.4. The van der Waals surface area contributed by atoms with E-state index in [1.54, 1.807) is 22.7 Å².